The Kier molecular flexibility index (Phi) is 2.97. The second-order valence-electron chi connectivity index (χ2n) is 4.69. The highest BCUT2D eigenvalue weighted by molar-refractivity contribution is 5.80. The first-order chi connectivity index (χ1) is 9.24. The predicted molar refractivity (Wildman–Crippen MR) is 74.0 cm³/mol. The van der Waals surface area contributed by atoms with Gasteiger partial charge in [0.1, 0.15) is 12.7 Å². The summed E-state index contributed by atoms with van der Waals surface area (Å²) in [6, 6.07) is 10.2. The van der Waals surface area contributed by atoms with Crippen molar-refractivity contribution < 1.29 is 0 Å². The smallest absolute Gasteiger partial charge is 0.159 e. The predicted octanol–water partition coefficient (Wildman–Crippen LogP) is 1.71. The molecule has 3 rings (SSSR count). The van der Waals surface area contributed by atoms with Gasteiger partial charge in [0, 0.05) is 11.4 Å². The van der Waals surface area contributed by atoms with Crippen LogP contribution in [0.1, 0.15) is 12.5 Å². The van der Waals surface area contributed by atoms with Crippen LogP contribution in [0.15, 0.2) is 43.0 Å². The third kappa shape index (κ3) is 2.32. The van der Waals surface area contributed by atoms with E-state index in [4.69, 9.17) is 5.73 Å². The molecule has 0 aliphatic rings. The maximum absolute atomic E-state index is 5.92. The molecule has 0 aliphatic heterocycles. The van der Waals surface area contributed by atoms with Gasteiger partial charge in [-0.1, -0.05) is 18.2 Å². The highest BCUT2D eigenvalue weighted by atomic mass is 15.3. The van der Waals surface area contributed by atoms with Crippen LogP contribution in [0.4, 0.5) is 0 Å². The van der Waals surface area contributed by atoms with E-state index in [1.165, 1.54) is 6.33 Å². The molecule has 0 radical (unpaired) electrons. The summed E-state index contributed by atoms with van der Waals surface area (Å²) in [6.07, 6.45) is 3.92. The summed E-state index contributed by atoms with van der Waals surface area (Å²) >= 11 is 0. The molecule has 5 heteroatoms. The maximum atomic E-state index is 5.92. The van der Waals surface area contributed by atoms with Gasteiger partial charge >= 0.3 is 0 Å². The Labute approximate surface area is 111 Å². The Balaban J connectivity index is 2.21. The average molecular weight is 253 g/mol. The van der Waals surface area contributed by atoms with Crippen LogP contribution in [0.25, 0.3) is 16.7 Å². The zero-order valence-corrected chi connectivity index (χ0v) is 10.7. The van der Waals surface area contributed by atoms with Crippen molar-refractivity contribution >= 4 is 10.9 Å². The number of hydrogen-bond donors (Lipinski definition) is 1. The third-order valence-electron chi connectivity index (χ3n) is 2.96. The van der Waals surface area contributed by atoms with Crippen molar-refractivity contribution in [3.05, 3.63) is 48.5 Å². The van der Waals surface area contributed by atoms with Crippen molar-refractivity contribution in [2.45, 2.75) is 19.4 Å². The second-order valence-corrected chi connectivity index (χ2v) is 4.69. The molecule has 2 N–H and O–H groups in total. The van der Waals surface area contributed by atoms with Crippen LogP contribution in [-0.4, -0.2) is 25.8 Å². The first-order valence-electron chi connectivity index (χ1n) is 6.23. The molecule has 0 saturated carbocycles. The molecule has 0 saturated heterocycles. The van der Waals surface area contributed by atoms with Crippen molar-refractivity contribution in [1.29, 1.82) is 0 Å². The Morgan fingerprint density at radius 2 is 2.16 bits per heavy atom. The van der Waals surface area contributed by atoms with E-state index in [9.17, 15) is 0 Å². The summed E-state index contributed by atoms with van der Waals surface area (Å²) in [6.45, 7) is 1.99. The third-order valence-corrected chi connectivity index (χ3v) is 2.96. The van der Waals surface area contributed by atoms with E-state index >= 15 is 0 Å². The molecule has 2 aromatic heterocycles. The quantitative estimate of drug-likeness (QED) is 0.771. The number of benzene rings is 1. The Morgan fingerprint density at radius 1 is 1.32 bits per heavy atom. The minimum atomic E-state index is 0.0743. The molecule has 96 valence electrons. The minimum Gasteiger partial charge on any atom is -0.328 e. The van der Waals surface area contributed by atoms with Crippen LogP contribution in [-0.2, 0) is 6.42 Å². The standard InChI is InChI=1S/C14H15N5/c1-10(15)6-12-7-11-4-2-3-5-13(11)18-14(12)19-9-16-8-17-19/h2-5,7-10H,6,15H2,1H3. The fourth-order valence-corrected chi connectivity index (χ4v) is 2.16. The van der Waals surface area contributed by atoms with Crippen LogP contribution in [0.5, 0.6) is 0 Å². The van der Waals surface area contributed by atoms with Gasteiger partial charge < -0.3 is 5.73 Å². The van der Waals surface area contributed by atoms with Crippen LogP contribution < -0.4 is 5.73 Å². The average Bonchev–Trinajstić information content (AvgIpc) is 2.91. The van der Waals surface area contributed by atoms with Gasteiger partial charge in [0.2, 0.25) is 0 Å². The van der Waals surface area contributed by atoms with Crippen molar-refractivity contribution in [2.75, 3.05) is 0 Å². The van der Waals surface area contributed by atoms with E-state index in [1.807, 2.05) is 25.1 Å². The number of fused-ring (bicyclic) bond motifs is 1. The molecule has 5 nitrogen and oxygen atoms in total. The van der Waals surface area contributed by atoms with E-state index in [0.29, 0.717) is 0 Å². The summed E-state index contributed by atoms with van der Waals surface area (Å²) in [5.41, 5.74) is 7.95. The largest absolute Gasteiger partial charge is 0.328 e. The van der Waals surface area contributed by atoms with Gasteiger partial charge in [0.05, 0.1) is 5.52 Å². The first kappa shape index (κ1) is 11.8. The van der Waals surface area contributed by atoms with Crippen LogP contribution in [0, 0.1) is 0 Å². The van der Waals surface area contributed by atoms with Crippen molar-refractivity contribution in [3.63, 3.8) is 0 Å². The molecule has 0 spiro atoms. The van der Waals surface area contributed by atoms with Crippen molar-refractivity contribution in [2.24, 2.45) is 5.73 Å². The van der Waals surface area contributed by atoms with E-state index in [0.717, 1.165) is 28.7 Å². The summed E-state index contributed by atoms with van der Waals surface area (Å²) in [5, 5.41) is 5.28. The van der Waals surface area contributed by atoms with Gasteiger partial charge in [0.15, 0.2) is 5.82 Å². The number of aromatic nitrogens is 4. The summed E-state index contributed by atoms with van der Waals surface area (Å²) < 4.78 is 1.68. The van der Waals surface area contributed by atoms with Crippen LogP contribution in [0.3, 0.4) is 0 Å². The molecule has 19 heavy (non-hydrogen) atoms. The molecular weight excluding hydrogens is 238 g/mol. The molecular formula is C14H15N5. The van der Waals surface area contributed by atoms with Crippen LogP contribution in [0.2, 0.25) is 0 Å². The topological polar surface area (TPSA) is 69.6 Å². The zero-order chi connectivity index (χ0) is 13.2. The lowest BCUT2D eigenvalue weighted by Crippen LogP contribution is -2.19. The van der Waals surface area contributed by atoms with Gasteiger partial charge in [-0.15, -0.1) is 0 Å². The zero-order valence-electron chi connectivity index (χ0n) is 10.7. The van der Waals surface area contributed by atoms with E-state index < -0.39 is 0 Å². The lowest BCUT2D eigenvalue weighted by Gasteiger charge is -2.12. The van der Waals surface area contributed by atoms with Crippen molar-refractivity contribution in [3.8, 4) is 5.82 Å². The number of nitrogens with two attached hydrogens (primary N) is 1. The van der Waals surface area contributed by atoms with E-state index in [1.54, 1.807) is 11.0 Å². The molecule has 0 aliphatic carbocycles. The second kappa shape index (κ2) is 4.78. The minimum absolute atomic E-state index is 0.0743. The molecule has 0 bridgehead atoms. The fraction of sp³-hybridized carbons (Fsp3) is 0.214. The van der Waals surface area contributed by atoms with Gasteiger partial charge in [0.25, 0.3) is 0 Å². The van der Waals surface area contributed by atoms with E-state index in [2.05, 4.69) is 27.2 Å². The Hall–Kier alpha value is -2.27. The highest BCUT2D eigenvalue weighted by Crippen LogP contribution is 2.20. The van der Waals surface area contributed by atoms with Crippen LogP contribution >= 0.6 is 0 Å². The number of para-hydroxylation sites is 1. The summed E-state index contributed by atoms with van der Waals surface area (Å²) in [4.78, 5) is 8.66. The van der Waals surface area contributed by atoms with E-state index in [-0.39, 0.29) is 6.04 Å². The number of nitrogens with zero attached hydrogens (tertiary/aromatic N) is 4. The Bertz CT molecular complexity index is 688. The number of hydrogen-bond acceptors (Lipinski definition) is 4. The monoisotopic (exact) mass is 253 g/mol. The molecule has 1 atom stereocenters. The number of pyridine rings is 1. The maximum Gasteiger partial charge on any atom is 0.159 e. The first-order valence-corrected chi connectivity index (χ1v) is 6.23. The summed E-state index contributed by atoms with van der Waals surface area (Å²) in [5.74, 6) is 0.800. The lowest BCUT2D eigenvalue weighted by molar-refractivity contribution is 0.722. The molecule has 2 heterocycles. The molecule has 1 unspecified atom stereocenters. The fourth-order valence-electron chi connectivity index (χ4n) is 2.16. The SMILES string of the molecule is CC(N)Cc1cc2ccccc2nc1-n1cncn1. The molecule has 0 fully saturated rings. The molecule has 1 aromatic carbocycles. The lowest BCUT2D eigenvalue weighted by atomic mass is 10.1. The van der Waals surface area contributed by atoms with Gasteiger partial charge in [-0.2, -0.15) is 5.10 Å². The molecule has 3 aromatic rings. The highest BCUT2D eigenvalue weighted by Gasteiger charge is 2.11. The van der Waals surface area contributed by atoms with Gasteiger partial charge in [-0.3, -0.25) is 0 Å². The van der Waals surface area contributed by atoms with Gasteiger partial charge in [-0.05, 0) is 31.0 Å². The summed E-state index contributed by atoms with van der Waals surface area (Å²) in [7, 11) is 0. The number of rotatable bonds is 3. The Morgan fingerprint density at radius 3 is 2.89 bits per heavy atom. The molecule has 0 amide bonds. The van der Waals surface area contributed by atoms with Crippen molar-refractivity contribution in [1.82, 2.24) is 19.7 Å². The van der Waals surface area contributed by atoms with Gasteiger partial charge in [-0.25, -0.2) is 14.6 Å². The normalized spacial score (nSPS) is 12.7.